The lowest BCUT2D eigenvalue weighted by Gasteiger charge is -2.14. The lowest BCUT2D eigenvalue weighted by Crippen LogP contribution is -2.19. The standard InChI is InChI=1S/C10H14FNS/c1-12(6-7-13)8-9-2-4-10(11)5-3-9/h2-5,13H,6-8H2,1H3. The summed E-state index contributed by atoms with van der Waals surface area (Å²) in [6, 6.07) is 6.60. The Bertz CT molecular complexity index is 248. The Morgan fingerprint density at radius 1 is 1.31 bits per heavy atom. The Hall–Kier alpha value is -0.540. The van der Waals surface area contributed by atoms with Crippen molar-refractivity contribution in [3.63, 3.8) is 0 Å². The van der Waals surface area contributed by atoms with Crippen molar-refractivity contribution in [3.8, 4) is 0 Å². The van der Waals surface area contributed by atoms with Crippen molar-refractivity contribution in [3.05, 3.63) is 35.6 Å². The van der Waals surface area contributed by atoms with E-state index in [9.17, 15) is 4.39 Å². The fraction of sp³-hybridized carbons (Fsp3) is 0.400. The van der Waals surface area contributed by atoms with E-state index in [1.54, 1.807) is 0 Å². The van der Waals surface area contributed by atoms with Gasteiger partial charge < -0.3 is 4.90 Å². The highest BCUT2D eigenvalue weighted by Crippen LogP contribution is 2.05. The smallest absolute Gasteiger partial charge is 0.123 e. The fourth-order valence-electron chi connectivity index (χ4n) is 1.15. The van der Waals surface area contributed by atoms with Gasteiger partial charge in [0.25, 0.3) is 0 Å². The molecule has 3 heteroatoms. The van der Waals surface area contributed by atoms with E-state index >= 15 is 0 Å². The highest BCUT2D eigenvalue weighted by Gasteiger charge is 1.98. The first-order chi connectivity index (χ1) is 6.22. The van der Waals surface area contributed by atoms with E-state index < -0.39 is 0 Å². The van der Waals surface area contributed by atoms with Gasteiger partial charge in [0, 0.05) is 18.8 Å². The highest BCUT2D eigenvalue weighted by molar-refractivity contribution is 7.80. The van der Waals surface area contributed by atoms with Gasteiger partial charge >= 0.3 is 0 Å². The van der Waals surface area contributed by atoms with Gasteiger partial charge in [-0.1, -0.05) is 12.1 Å². The topological polar surface area (TPSA) is 3.24 Å². The van der Waals surface area contributed by atoms with Gasteiger partial charge in [-0.3, -0.25) is 0 Å². The van der Waals surface area contributed by atoms with Crippen LogP contribution in [0, 0.1) is 5.82 Å². The zero-order chi connectivity index (χ0) is 9.68. The van der Waals surface area contributed by atoms with Crippen molar-refractivity contribution in [2.45, 2.75) is 6.54 Å². The predicted molar refractivity (Wildman–Crippen MR) is 56.6 cm³/mol. The minimum atomic E-state index is -0.180. The Balaban J connectivity index is 2.49. The molecule has 0 aliphatic carbocycles. The van der Waals surface area contributed by atoms with Crippen molar-refractivity contribution in [2.24, 2.45) is 0 Å². The Morgan fingerprint density at radius 2 is 1.92 bits per heavy atom. The van der Waals surface area contributed by atoms with Crippen LogP contribution in [-0.2, 0) is 6.54 Å². The molecule has 0 N–H and O–H groups in total. The summed E-state index contributed by atoms with van der Waals surface area (Å²) in [4.78, 5) is 2.15. The van der Waals surface area contributed by atoms with Crippen LogP contribution in [0.25, 0.3) is 0 Å². The van der Waals surface area contributed by atoms with Crippen LogP contribution in [0.4, 0.5) is 4.39 Å². The quantitative estimate of drug-likeness (QED) is 0.727. The van der Waals surface area contributed by atoms with E-state index in [1.807, 2.05) is 19.2 Å². The van der Waals surface area contributed by atoms with Gasteiger partial charge in [0.15, 0.2) is 0 Å². The monoisotopic (exact) mass is 199 g/mol. The molecular weight excluding hydrogens is 185 g/mol. The van der Waals surface area contributed by atoms with Crippen molar-refractivity contribution in [1.29, 1.82) is 0 Å². The molecule has 72 valence electrons. The highest BCUT2D eigenvalue weighted by atomic mass is 32.1. The average molecular weight is 199 g/mol. The van der Waals surface area contributed by atoms with E-state index in [1.165, 1.54) is 12.1 Å². The molecule has 0 heterocycles. The molecule has 0 radical (unpaired) electrons. The number of thiol groups is 1. The van der Waals surface area contributed by atoms with Crippen LogP contribution < -0.4 is 0 Å². The number of nitrogens with zero attached hydrogens (tertiary/aromatic N) is 1. The summed E-state index contributed by atoms with van der Waals surface area (Å²) in [6.45, 7) is 1.79. The Kier molecular flexibility index (Phi) is 4.25. The third-order valence-electron chi connectivity index (χ3n) is 1.85. The van der Waals surface area contributed by atoms with Gasteiger partial charge in [-0.05, 0) is 24.7 Å². The maximum Gasteiger partial charge on any atom is 0.123 e. The zero-order valence-electron chi connectivity index (χ0n) is 7.70. The molecule has 0 bridgehead atoms. The molecule has 0 saturated heterocycles. The largest absolute Gasteiger partial charge is 0.301 e. The first-order valence-corrected chi connectivity index (χ1v) is 4.89. The first kappa shape index (κ1) is 10.5. The summed E-state index contributed by atoms with van der Waals surface area (Å²) in [6.07, 6.45) is 0. The van der Waals surface area contributed by atoms with Gasteiger partial charge in [0.05, 0.1) is 0 Å². The van der Waals surface area contributed by atoms with Crippen molar-refractivity contribution >= 4 is 12.6 Å². The molecule has 0 saturated carbocycles. The lowest BCUT2D eigenvalue weighted by molar-refractivity contribution is 0.349. The molecule has 1 aromatic rings. The van der Waals surface area contributed by atoms with E-state index in [4.69, 9.17) is 0 Å². The molecule has 0 amide bonds. The predicted octanol–water partition coefficient (Wildman–Crippen LogP) is 2.19. The SMILES string of the molecule is CN(CCS)Cc1ccc(F)cc1. The molecule has 13 heavy (non-hydrogen) atoms. The minimum Gasteiger partial charge on any atom is -0.301 e. The summed E-state index contributed by atoms with van der Waals surface area (Å²) >= 11 is 4.14. The number of benzene rings is 1. The Morgan fingerprint density at radius 3 is 2.46 bits per heavy atom. The van der Waals surface area contributed by atoms with Crippen LogP contribution >= 0.6 is 12.6 Å². The maximum atomic E-state index is 12.5. The third-order valence-corrected chi connectivity index (χ3v) is 2.05. The van der Waals surface area contributed by atoms with E-state index in [-0.39, 0.29) is 5.82 Å². The lowest BCUT2D eigenvalue weighted by atomic mass is 10.2. The number of rotatable bonds is 4. The van der Waals surface area contributed by atoms with Crippen LogP contribution in [0.15, 0.2) is 24.3 Å². The molecule has 0 spiro atoms. The fourth-order valence-corrected chi connectivity index (χ4v) is 1.49. The summed E-state index contributed by atoms with van der Waals surface area (Å²) in [5, 5.41) is 0. The van der Waals surface area contributed by atoms with E-state index in [0.717, 1.165) is 24.4 Å². The van der Waals surface area contributed by atoms with Crippen LogP contribution in [0.1, 0.15) is 5.56 Å². The second-order valence-electron chi connectivity index (χ2n) is 3.09. The number of hydrogen-bond acceptors (Lipinski definition) is 2. The molecule has 1 aromatic carbocycles. The van der Waals surface area contributed by atoms with Gasteiger partial charge in [-0.25, -0.2) is 4.39 Å². The second-order valence-corrected chi connectivity index (χ2v) is 3.54. The molecule has 1 nitrogen and oxygen atoms in total. The van der Waals surface area contributed by atoms with Crippen LogP contribution in [0.2, 0.25) is 0 Å². The van der Waals surface area contributed by atoms with Crippen molar-refractivity contribution in [2.75, 3.05) is 19.3 Å². The number of halogens is 1. The van der Waals surface area contributed by atoms with Crippen molar-refractivity contribution < 1.29 is 4.39 Å². The van der Waals surface area contributed by atoms with Gasteiger partial charge in [-0.2, -0.15) is 12.6 Å². The summed E-state index contributed by atoms with van der Waals surface area (Å²) < 4.78 is 12.5. The van der Waals surface area contributed by atoms with E-state index in [0.29, 0.717) is 0 Å². The third kappa shape index (κ3) is 3.79. The normalized spacial score (nSPS) is 10.8. The molecule has 0 aromatic heterocycles. The van der Waals surface area contributed by atoms with Crippen molar-refractivity contribution in [1.82, 2.24) is 4.90 Å². The second kappa shape index (κ2) is 5.25. The van der Waals surface area contributed by atoms with Crippen LogP contribution in [-0.4, -0.2) is 24.2 Å². The zero-order valence-corrected chi connectivity index (χ0v) is 8.60. The van der Waals surface area contributed by atoms with Gasteiger partial charge in [0.1, 0.15) is 5.82 Å². The Labute approximate surface area is 84.0 Å². The molecule has 0 aliphatic rings. The molecule has 0 fully saturated rings. The minimum absolute atomic E-state index is 0.180. The summed E-state index contributed by atoms with van der Waals surface area (Å²) in [7, 11) is 2.03. The molecular formula is C10H14FNS. The summed E-state index contributed by atoms with van der Waals surface area (Å²) in [5.41, 5.74) is 1.13. The molecule has 0 aliphatic heterocycles. The summed E-state index contributed by atoms with van der Waals surface area (Å²) in [5.74, 6) is 0.665. The first-order valence-electron chi connectivity index (χ1n) is 4.26. The molecule has 0 atom stereocenters. The molecule has 1 rings (SSSR count). The maximum absolute atomic E-state index is 12.5. The van der Waals surface area contributed by atoms with Crippen LogP contribution in [0.3, 0.4) is 0 Å². The van der Waals surface area contributed by atoms with E-state index in [2.05, 4.69) is 17.5 Å². The van der Waals surface area contributed by atoms with Gasteiger partial charge in [0.2, 0.25) is 0 Å². The average Bonchev–Trinajstić information content (AvgIpc) is 2.09. The van der Waals surface area contributed by atoms with Gasteiger partial charge in [-0.15, -0.1) is 0 Å². The molecule has 0 unspecified atom stereocenters. The number of hydrogen-bond donors (Lipinski definition) is 1. The van der Waals surface area contributed by atoms with Crippen LogP contribution in [0.5, 0.6) is 0 Å².